The number of aliphatic carboxylic acids is 1. The molecular weight excluding hydrogens is 296 g/mol. The van der Waals surface area contributed by atoms with Crippen molar-refractivity contribution in [1.29, 1.82) is 0 Å². The third kappa shape index (κ3) is 4.30. The molecule has 2 aromatic rings. The Labute approximate surface area is 126 Å². The Morgan fingerprint density at radius 2 is 2.10 bits per heavy atom. The molecule has 0 aliphatic heterocycles. The molecule has 0 spiro atoms. The average molecular weight is 311 g/mol. The highest BCUT2D eigenvalue weighted by molar-refractivity contribution is 7.15. The zero-order chi connectivity index (χ0) is 14.5. The van der Waals surface area contributed by atoms with Gasteiger partial charge >= 0.3 is 5.97 Å². The van der Waals surface area contributed by atoms with Crippen molar-refractivity contribution < 1.29 is 9.90 Å². The molecule has 1 heterocycles. The van der Waals surface area contributed by atoms with E-state index in [2.05, 4.69) is 4.98 Å². The van der Waals surface area contributed by atoms with Crippen LogP contribution in [-0.4, -0.2) is 34.6 Å². The first-order valence-corrected chi connectivity index (χ1v) is 7.35. The number of hydrogen-bond donors (Lipinski definition) is 1. The van der Waals surface area contributed by atoms with Gasteiger partial charge in [0, 0.05) is 34.7 Å². The summed E-state index contributed by atoms with van der Waals surface area (Å²) in [5, 5.41) is 10.3. The molecule has 0 aliphatic rings. The lowest BCUT2D eigenvalue weighted by Crippen LogP contribution is -2.20. The predicted octanol–water partition coefficient (Wildman–Crippen LogP) is 3.37. The number of halogens is 1. The van der Waals surface area contributed by atoms with Crippen molar-refractivity contribution in [3.63, 3.8) is 0 Å². The molecule has 0 amide bonds. The number of hydrogen-bond acceptors (Lipinski definition) is 4. The van der Waals surface area contributed by atoms with Gasteiger partial charge in [-0.3, -0.25) is 4.79 Å². The number of carboxylic acids is 1. The number of rotatable bonds is 6. The number of thiazole rings is 1. The highest BCUT2D eigenvalue weighted by Gasteiger charge is 2.08. The molecule has 1 aromatic carbocycles. The molecule has 2 rings (SSSR count). The highest BCUT2D eigenvalue weighted by atomic mass is 35.5. The summed E-state index contributed by atoms with van der Waals surface area (Å²) in [6.07, 6.45) is 1.99. The molecule has 1 aromatic heterocycles. The van der Waals surface area contributed by atoms with Gasteiger partial charge in [0.2, 0.25) is 0 Å². The lowest BCUT2D eigenvalue weighted by atomic mass is 10.2. The van der Waals surface area contributed by atoms with Gasteiger partial charge in [-0.15, -0.1) is 11.3 Å². The first kappa shape index (κ1) is 15.0. The molecule has 0 saturated heterocycles. The van der Waals surface area contributed by atoms with Crippen LogP contribution < -0.4 is 0 Å². The Hall–Kier alpha value is -1.43. The van der Waals surface area contributed by atoms with Gasteiger partial charge < -0.3 is 10.0 Å². The Morgan fingerprint density at radius 1 is 1.40 bits per heavy atom. The first-order valence-electron chi connectivity index (χ1n) is 6.15. The standard InChI is InChI=1S/C14H15ClN2O2S/c1-17(7-6-13(18)19)9-12-8-16-14(20-12)10-2-4-11(15)5-3-10/h2-5,8H,6-7,9H2,1H3,(H,18,19). The van der Waals surface area contributed by atoms with E-state index in [0.717, 1.165) is 15.4 Å². The molecule has 0 unspecified atom stereocenters. The van der Waals surface area contributed by atoms with E-state index < -0.39 is 5.97 Å². The van der Waals surface area contributed by atoms with Crippen LogP contribution in [0.5, 0.6) is 0 Å². The highest BCUT2D eigenvalue weighted by Crippen LogP contribution is 2.26. The molecular formula is C14H15ClN2O2S. The van der Waals surface area contributed by atoms with E-state index in [-0.39, 0.29) is 6.42 Å². The van der Waals surface area contributed by atoms with Crippen molar-refractivity contribution in [2.24, 2.45) is 0 Å². The quantitative estimate of drug-likeness (QED) is 0.889. The normalized spacial score (nSPS) is 10.9. The summed E-state index contributed by atoms with van der Waals surface area (Å²) in [6.45, 7) is 1.24. The zero-order valence-electron chi connectivity index (χ0n) is 11.0. The number of carbonyl (C=O) groups is 1. The Bertz CT molecular complexity index is 583. The molecule has 0 aliphatic carbocycles. The van der Waals surface area contributed by atoms with Crippen LogP contribution in [0.3, 0.4) is 0 Å². The second-order valence-corrected chi connectivity index (χ2v) is 6.07. The van der Waals surface area contributed by atoms with Crippen LogP contribution in [0.25, 0.3) is 10.6 Å². The van der Waals surface area contributed by atoms with Crippen molar-refractivity contribution in [2.75, 3.05) is 13.6 Å². The molecule has 0 atom stereocenters. The van der Waals surface area contributed by atoms with E-state index in [9.17, 15) is 4.79 Å². The summed E-state index contributed by atoms with van der Waals surface area (Å²) < 4.78 is 0. The smallest absolute Gasteiger partial charge is 0.304 e. The topological polar surface area (TPSA) is 53.4 Å². The van der Waals surface area contributed by atoms with Crippen molar-refractivity contribution in [3.8, 4) is 10.6 Å². The SMILES string of the molecule is CN(CCC(=O)O)Cc1cnc(-c2ccc(Cl)cc2)s1. The summed E-state index contributed by atoms with van der Waals surface area (Å²) in [6, 6.07) is 7.58. The summed E-state index contributed by atoms with van der Waals surface area (Å²) in [5.74, 6) is -0.775. The number of benzene rings is 1. The van der Waals surface area contributed by atoms with Gasteiger partial charge in [0.15, 0.2) is 0 Å². The van der Waals surface area contributed by atoms with E-state index in [4.69, 9.17) is 16.7 Å². The average Bonchev–Trinajstić information content (AvgIpc) is 2.85. The second-order valence-electron chi connectivity index (χ2n) is 4.52. The predicted molar refractivity (Wildman–Crippen MR) is 81.1 cm³/mol. The summed E-state index contributed by atoms with van der Waals surface area (Å²) in [4.78, 5) is 18.0. The van der Waals surface area contributed by atoms with Crippen molar-refractivity contribution in [3.05, 3.63) is 40.4 Å². The molecule has 0 radical (unpaired) electrons. The van der Waals surface area contributed by atoms with Crippen LogP contribution in [0.1, 0.15) is 11.3 Å². The fraction of sp³-hybridized carbons (Fsp3) is 0.286. The van der Waals surface area contributed by atoms with E-state index in [1.54, 1.807) is 11.3 Å². The molecule has 0 bridgehead atoms. The minimum atomic E-state index is -0.775. The summed E-state index contributed by atoms with van der Waals surface area (Å²) >= 11 is 7.47. The maximum atomic E-state index is 10.5. The Morgan fingerprint density at radius 3 is 2.75 bits per heavy atom. The van der Waals surface area contributed by atoms with Crippen LogP contribution in [0.15, 0.2) is 30.5 Å². The van der Waals surface area contributed by atoms with Crippen LogP contribution in [0.4, 0.5) is 0 Å². The molecule has 4 nitrogen and oxygen atoms in total. The van der Waals surface area contributed by atoms with Gasteiger partial charge in [-0.2, -0.15) is 0 Å². The zero-order valence-corrected chi connectivity index (χ0v) is 12.6. The van der Waals surface area contributed by atoms with Gasteiger partial charge in [-0.05, 0) is 19.2 Å². The van der Waals surface area contributed by atoms with Crippen LogP contribution in [-0.2, 0) is 11.3 Å². The Balaban J connectivity index is 1.98. The van der Waals surface area contributed by atoms with E-state index in [1.165, 1.54) is 0 Å². The fourth-order valence-corrected chi connectivity index (χ4v) is 2.86. The van der Waals surface area contributed by atoms with E-state index in [1.807, 2.05) is 42.4 Å². The summed E-state index contributed by atoms with van der Waals surface area (Å²) in [7, 11) is 1.91. The molecule has 106 valence electrons. The molecule has 1 N–H and O–H groups in total. The monoisotopic (exact) mass is 310 g/mol. The van der Waals surface area contributed by atoms with Crippen LogP contribution in [0, 0.1) is 0 Å². The number of carboxylic acid groups (broad SMARTS) is 1. The van der Waals surface area contributed by atoms with Crippen molar-refractivity contribution in [2.45, 2.75) is 13.0 Å². The third-order valence-corrected chi connectivity index (χ3v) is 4.06. The number of aromatic nitrogens is 1. The van der Waals surface area contributed by atoms with Gasteiger partial charge in [0.05, 0.1) is 6.42 Å². The summed E-state index contributed by atoms with van der Waals surface area (Å²) in [5.41, 5.74) is 1.04. The lowest BCUT2D eigenvalue weighted by molar-refractivity contribution is -0.137. The second kappa shape index (κ2) is 6.83. The maximum absolute atomic E-state index is 10.5. The minimum Gasteiger partial charge on any atom is -0.481 e. The van der Waals surface area contributed by atoms with E-state index in [0.29, 0.717) is 18.1 Å². The molecule has 6 heteroatoms. The third-order valence-electron chi connectivity index (χ3n) is 2.78. The van der Waals surface area contributed by atoms with E-state index >= 15 is 0 Å². The lowest BCUT2D eigenvalue weighted by Gasteiger charge is -2.13. The number of nitrogens with zero attached hydrogens (tertiary/aromatic N) is 2. The Kier molecular flexibility index (Phi) is 5.11. The van der Waals surface area contributed by atoms with Crippen LogP contribution >= 0.6 is 22.9 Å². The molecule has 20 heavy (non-hydrogen) atoms. The van der Waals surface area contributed by atoms with Gasteiger partial charge in [-0.1, -0.05) is 23.7 Å². The van der Waals surface area contributed by atoms with Crippen LogP contribution in [0.2, 0.25) is 5.02 Å². The van der Waals surface area contributed by atoms with Gasteiger partial charge in [0.25, 0.3) is 0 Å². The first-order chi connectivity index (χ1) is 9.54. The van der Waals surface area contributed by atoms with Crippen molar-refractivity contribution >= 4 is 28.9 Å². The maximum Gasteiger partial charge on any atom is 0.304 e. The van der Waals surface area contributed by atoms with Gasteiger partial charge in [-0.25, -0.2) is 4.98 Å². The minimum absolute atomic E-state index is 0.152. The van der Waals surface area contributed by atoms with Gasteiger partial charge in [0.1, 0.15) is 5.01 Å². The molecule has 0 fully saturated rings. The largest absolute Gasteiger partial charge is 0.481 e. The molecule has 0 saturated carbocycles. The van der Waals surface area contributed by atoms with Crippen molar-refractivity contribution in [1.82, 2.24) is 9.88 Å². The fourth-order valence-electron chi connectivity index (χ4n) is 1.74.